The van der Waals surface area contributed by atoms with Crippen LogP contribution in [0.1, 0.15) is 63.9 Å². The largest absolute Gasteiger partial charge is 0.497 e. The molecule has 0 unspecified atom stereocenters. The Kier molecular flexibility index (Phi) is 12.5. The molecule has 162 valence electrons. The molecule has 0 saturated heterocycles. The molecule has 2 aromatic rings. The van der Waals surface area contributed by atoms with Crippen molar-refractivity contribution in [2.24, 2.45) is 0 Å². The highest BCUT2D eigenvalue weighted by Gasteiger charge is 2.11. The van der Waals surface area contributed by atoms with Crippen LogP contribution in [0.3, 0.4) is 0 Å². The summed E-state index contributed by atoms with van der Waals surface area (Å²) in [5, 5.41) is 0. The van der Waals surface area contributed by atoms with Crippen molar-refractivity contribution in [2.45, 2.75) is 64.7 Å². The number of rotatable bonds is 11. The lowest BCUT2D eigenvalue weighted by Gasteiger charge is -2.17. The first-order valence-corrected chi connectivity index (χ1v) is 11.2. The molecule has 0 bridgehead atoms. The van der Waals surface area contributed by atoms with Gasteiger partial charge in [-0.2, -0.15) is 0 Å². The van der Waals surface area contributed by atoms with Gasteiger partial charge in [-0.3, -0.25) is 0 Å². The zero-order valence-electron chi connectivity index (χ0n) is 17.2. The van der Waals surface area contributed by atoms with Crippen LogP contribution >= 0.6 is 0 Å². The lowest BCUT2D eigenvalue weighted by atomic mass is 10.0. The highest BCUT2D eigenvalue weighted by Crippen LogP contribution is 2.23. The normalized spacial score (nSPS) is 11.0. The predicted octanol–water partition coefficient (Wildman–Crippen LogP) is 2.16. The third-order valence-corrected chi connectivity index (χ3v) is 4.48. The molecule has 0 spiro atoms. The molecule has 1 heterocycles. The van der Waals surface area contributed by atoms with Crippen LogP contribution in [0.4, 0.5) is 0 Å². The van der Waals surface area contributed by atoms with Gasteiger partial charge in [0, 0.05) is 11.6 Å². The number of aryl methyl sites for hydroxylation is 1. The van der Waals surface area contributed by atoms with E-state index in [0.29, 0.717) is 0 Å². The minimum Gasteiger partial charge on any atom is -0.497 e. The van der Waals surface area contributed by atoms with Crippen molar-refractivity contribution in [1.82, 2.24) is 0 Å². The number of halogens is 1. The lowest BCUT2D eigenvalue weighted by molar-refractivity contribution is -2.00. The summed E-state index contributed by atoms with van der Waals surface area (Å²) in [6.07, 6.45) is 13.9. The molecule has 0 atom stereocenters. The number of ether oxygens (including phenoxy) is 1. The Morgan fingerprint density at radius 3 is 1.83 bits per heavy atom. The minimum absolute atomic E-state index is 0.866. The van der Waals surface area contributed by atoms with Gasteiger partial charge < -0.3 is 4.74 Å². The van der Waals surface area contributed by atoms with Crippen molar-refractivity contribution in [2.75, 3.05) is 7.11 Å². The van der Waals surface area contributed by atoms with Gasteiger partial charge in [0.25, 0.3) is 0 Å². The second-order valence-corrected chi connectivity index (χ2v) is 7.60. The molecule has 2 rings (SSSR count). The van der Waals surface area contributed by atoms with Gasteiger partial charge in [0.15, 0.2) is 0 Å². The van der Waals surface area contributed by atoms with Gasteiger partial charge in [0.05, 0.1) is 12.7 Å². The second-order valence-electron chi connectivity index (χ2n) is 6.84. The Bertz CT molecular complexity index is 646. The molecule has 0 fully saturated rings. The number of methoxy groups -OCH3 is 1. The van der Waals surface area contributed by atoms with Gasteiger partial charge in [-0.15, -0.1) is 10.2 Å². The van der Waals surface area contributed by atoms with Gasteiger partial charge in [0.1, 0.15) is 5.75 Å². The summed E-state index contributed by atoms with van der Waals surface area (Å²) >= 11 is 0. The van der Waals surface area contributed by atoms with E-state index in [9.17, 15) is 0 Å². The molecule has 0 radical (unpaired) electrons. The number of hydrogen-bond donors (Lipinski definition) is 0. The Morgan fingerprint density at radius 2 is 1.34 bits per heavy atom. The highest BCUT2D eigenvalue weighted by molar-refractivity contribution is 5.58. The quantitative estimate of drug-likeness (QED) is 0.402. The fraction of sp³-hybridized carbons (Fsp3) is 0.500. The van der Waals surface area contributed by atoms with Gasteiger partial charge in [-0.25, -0.2) is 23.1 Å². The molecule has 0 aliphatic carbocycles. The van der Waals surface area contributed by atoms with Gasteiger partial charge in [-0.1, -0.05) is 51.9 Å². The van der Waals surface area contributed by atoms with Gasteiger partial charge >= 0.3 is 12.0 Å². The first-order chi connectivity index (χ1) is 13.8. The molecular formula is C22H31ClO6. The van der Waals surface area contributed by atoms with Crippen LogP contribution in [-0.2, 0) is 6.42 Å². The molecular weight excluding hydrogens is 396 g/mol. The average Bonchev–Trinajstić information content (AvgIpc) is 2.69. The fourth-order valence-electron chi connectivity index (χ4n) is 2.93. The summed E-state index contributed by atoms with van der Waals surface area (Å²) in [5.74, 6) is 1.77. The third-order valence-electron chi connectivity index (χ3n) is 4.48. The summed E-state index contributed by atoms with van der Waals surface area (Å²) < 4.78 is 45.0. The maximum atomic E-state index is 8.49. The topological polar surface area (TPSA) is 113 Å². The highest BCUT2D eigenvalue weighted by atomic mass is 35.7. The molecule has 0 amide bonds. The van der Waals surface area contributed by atoms with Crippen LogP contribution in [0.15, 0.2) is 47.1 Å². The standard InChI is InChI=1S/C22H31O2.ClHO4/c1-3-4-5-6-7-8-9-10-11-19-12-17-22(24-18-19)20-13-15-21(23-2)16-14-20;2-1(3,4)5/h12-18H,3-11H2,1-2H3;(H,2,3,4,5)/q+1;/p-1. The van der Waals surface area contributed by atoms with Crippen LogP contribution in [0.5, 0.6) is 5.75 Å². The predicted molar refractivity (Wildman–Crippen MR) is 101 cm³/mol. The van der Waals surface area contributed by atoms with Crippen molar-refractivity contribution < 1.29 is 38.0 Å². The second kappa shape index (κ2) is 14.3. The monoisotopic (exact) mass is 426 g/mol. The maximum Gasteiger partial charge on any atom is 0.359 e. The van der Waals surface area contributed by atoms with Crippen LogP contribution in [0.25, 0.3) is 11.3 Å². The molecule has 0 aliphatic heterocycles. The van der Waals surface area contributed by atoms with Gasteiger partial charge in [-0.05, 0) is 43.2 Å². The number of benzene rings is 1. The maximum absolute atomic E-state index is 8.49. The summed E-state index contributed by atoms with van der Waals surface area (Å²) in [6, 6.07) is 12.2. The van der Waals surface area contributed by atoms with E-state index < -0.39 is 10.2 Å². The van der Waals surface area contributed by atoms with Crippen LogP contribution in [-0.4, -0.2) is 7.11 Å². The van der Waals surface area contributed by atoms with Crippen molar-refractivity contribution in [1.29, 1.82) is 0 Å². The molecule has 1 aromatic carbocycles. The van der Waals surface area contributed by atoms with Crippen molar-refractivity contribution in [3.8, 4) is 17.1 Å². The molecule has 29 heavy (non-hydrogen) atoms. The first-order valence-electron chi connectivity index (χ1n) is 10.0. The first kappa shape index (κ1) is 25.3. The number of unbranched alkanes of at least 4 members (excludes halogenated alkanes) is 7. The van der Waals surface area contributed by atoms with E-state index in [1.807, 2.05) is 30.5 Å². The Balaban J connectivity index is 0.000000749. The van der Waals surface area contributed by atoms with Gasteiger partial charge in [0.2, 0.25) is 0 Å². The Labute approximate surface area is 175 Å². The molecule has 1 aromatic heterocycles. The zero-order chi connectivity index (χ0) is 21.5. The fourth-order valence-corrected chi connectivity index (χ4v) is 2.93. The van der Waals surface area contributed by atoms with Crippen molar-refractivity contribution in [3.63, 3.8) is 0 Å². The van der Waals surface area contributed by atoms with Crippen LogP contribution in [0.2, 0.25) is 0 Å². The molecule has 7 heteroatoms. The Morgan fingerprint density at radius 1 is 0.793 bits per heavy atom. The van der Waals surface area contributed by atoms with E-state index in [1.54, 1.807) is 7.11 Å². The molecule has 0 N–H and O–H groups in total. The lowest BCUT2D eigenvalue weighted by Crippen LogP contribution is -2.68. The van der Waals surface area contributed by atoms with E-state index >= 15 is 0 Å². The van der Waals surface area contributed by atoms with Crippen LogP contribution < -0.4 is 23.4 Å². The molecule has 0 saturated carbocycles. The van der Waals surface area contributed by atoms with E-state index in [2.05, 4.69) is 19.1 Å². The number of hydrogen-bond acceptors (Lipinski definition) is 5. The van der Waals surface area contributed by atoms with E-state index in [0.717, 1.165) is 23.5 Å². The molecule has 0 aliphatic rings. The summed E-state index contributed by atoms with van der Waals surface area (Å²) in [7, 11) is -3.26. The summed E-state index contributed by atoms with van der Waals surface area (Å²) in [4.78, 5) is 0. The third kappa shape index (κ3) is 13.2. The zero-order valence-corrected chi connectivity index (χ0v) is 18.0. The van der Waals surface area contributed by atoms with E-state index in [1.165, 1.54) is 56.9 Å². The molecule has 6 nitrogen and oxygen atoms in total. The minimum atomic E-state index is -4.94. The van der Waals surface area contributed by atoms with Crippen molar-refractivity contribution >= 4 is 0 Å². The van der Waals surface area contributed by atoms with E-state index in [4.69, 9.17) is 27.8 Å². The van der Waals surface area contributed by atoms with Crippen molar-refractivity contribution in [3.05, 3.63) is 48.2 Å². The van der Waals surface area contributed by atoms with E-state index in [-0.39, 0.29) is 0 Å². The van der Waals surface area contributed by atoms with Crippen LogP contribution in [0, 0.1) is 10.2 Å². The SMILES string of the molecule is CCCCCCCCCCc1ccc(-c2ccc(OC)cc2)[o+]c1.[O-][Cl+3]([O-])([O-])[O-]. The summed E-state index contributed by atoms with van der Waals surface area (Å²) in [6.45, 7) is 2.27. The Hall–Kier alpha value is -1.70. The average molecular weight is 427 g/mol. The summed E-state index contributed by atoms with van der Waals surface area (Å²) in [5.41, 5.74) is 2.37. The smallest absolute Gasteiger partial charge is 0.359 e.